The van der Waals surface area contributed by atoms with Gasteiger partial charge in [-0.15, -0.1) is 45.3 Å². The van der Waals surface area contributed by atoms with Crippen molar-refractivity contribution in [2.45, 2.75) is 0 Å². The largest absolute Gasteiger partial charge is 0.435 e. The molecule has 0 aliphatic rings. The molecule has 0 saturated carbocycles. The highest BCUT2D eigenvalue weighted by atomic mass is 32.1. The maximum atomic E-state index is 6.26. The first-order chi connectivity index (χ1) is 21.7. The zero-order chi connectivity index (χ0) is 28.8. The molecule has 208 valence electrons. The average Bonchev–Trinajstić information content (AvgIpc) is 3.88. The van der Waals surface area contributed by atoms with Crippen LogP contribution in [0.25, 0.3) is 94.7 Å². The molecule has 0 atom stereocenters. The summed E-state index contributed by atoms with van der Waals surface area (Å²) in [6.07, 6.45) is 0. The van der Waals surface area contributed by atoms with Crippen LogP contribution in [0.1, 0.15) is 0 Å². The van der Waals surface area contributed by atoms with Gasteiger partial charge in [0.1, 0.15) is 21.0 Å². The van der Waals surface area contributed by atoms with E-state index in [4.69, 9.17) is 28.8 Å². The summed E-state index contributed by atoms with van der Waals surface area (Å²) in [6.45, 7) is 0. The quantitative estimate of drug-likeness (QED) is 0.190. The Bertz CT molecular complexity index is 2390. The molecule has 10 rings (SSSR count). The molecule has 0 amide bonds. The number of aromatic nitrogens is 4. The highest BCUT2D eigenvalue weighted by molar-refractivity contribution is 7.27. The van der Waals surface area contributed by atoms with E-state index in [0.29, 0.717) is 11.8 Å². The zero-order valence-corrected chi connectivity index (χ0v) is 25.7. The molecule has 0 radical (unpaired) electrons. The highest BCUT2D eigenvalue weighted by Gasteiger charge is 2.17. The van der Waals surface area contributed by atoms with E-state index in [1.54, 1.807) is 45.3 Å². The van der Waals surface area contributed by atoms with Gasteiger partial charge in [-0.05, 0) is 83.6 Å². The summed E-state index contributed by atoms with van der Waals surface area (Å²) >= 11 is 6.68. The minimum absolute atomic E-state index is 0.610. The fourth-order valence-electron chi connectivity index (χ4n) is 5.40. The van der Waals surface area contributed by atoms with Crippen LogP contribution in [0.15, 0.2) is 106 Å². The molecule has 0 aliphatic carbocycles. The van der Waals surface area contributed by atoms with Crippen molar-refractivity contribution in [3.8, 4) is 41.3 Å². The Balaban J connectivity index is 0.980. The Hall–Kier alpha value is -4.74. The lowest BCUT2D eigenvalue weighted by Gasteiger charge is -1.96. The molecule has 6 nitrogen and oxygen atoms in total. The number of nitrogens with zero attached hydrogens (tertiary/aromatic N) is 4. The first-order valence-corrected chi connectivity index (χ1v) is 17.0. The van der Waals surface area contributed by atoms with Crippen molar-refractivity contribution in [2.75, 3.05) is 0 Å². The van der Waals surface area contributed by atoms with Gasteiger partial charge >= 0.3 is 0 Å². The fourth-order valence-corrected chi connectivity index (χ4v) is 9.30. The van der Waals surface area contributed by atoms with E-state index < -0.39 is 0 Å². The van der Waals surface area contributed by atoms with E-state index in [9.17, 15) is 0 Å². The van der Waals surface area contributed by atoms with E-state index in [1.807, 2.05) is 48.5 Å². The van der Waals surface area contributed by atoms with Crippen LogP contribution in [-0.2, 0) is 0 Å². The van der Waals surface area contributed by atoms with E-state index in [2.05, 4.69) is 48.5 Å². The molecular weight excluding hydrogens is 625 g/mol. The number of rotatable bonds is 4. The maximum absolute atomic E-state index is 6.26. The predicted octanol–water partition coefficient (Wildman–Crippen LogP) is 11.1. The summed E-state index contributed by atoms with van der Waals surface area (Å²) in [4.78, 5) is 23.4. The molecule has 6 aromatic heterocycles. The summed E-state index contributed by atoms with van der Waals surface area (Å²) < 4.78 is 14.9. The predicted molar refractivity (Wildman–Crippen MR) is 183 cm³/mol. The first kappa shape index (κ1) is 24.7. The van der Waals surface area contributed by atoms with Crippen molar-refractivity contribution in [3.05, 3.63) is 97.1 Å². The third-order valence-corrected chi connectivity index (χ3v) is 12.1. The SMILES string of the molecule is c1ccc2sc(-c3ccc(-c4nc5cc6cc7oc(-c8ccc(-c9nc%10ccccc%10s9)s8)nc7cc6cc5o4)s3)nc2c1. The smallest absolute Gasteiger partial charge is 0.237 e. The molecule has 0 fully saturated rings. The van der Waals surface area contributed by atoms with Gasteiger partial charge in [-0.3, -0.25) is 0 Å². The van der Waals surface area contributed by atoms with Crippen LogP contribution in [0.3, 0.4) is 0 Å². The monoisotopic (exact) mass is 640 g/mol. The number of thiophene rings is 2. The van der Waals surface area contributed by atoms with Crippen LogP contribution in [0, 0.1) is 0 Å². The van der Waals surface area contributed by atoms with Crippen LogP contribution in [-0.4, -0.2) is 19.9 Å². The van der Waals surface area contributed by atoms with Gasteiger partial charge < -0.3 is 8.83 Å². The molecule has 10 aromatic rings. The second-order valence-corrected chi connectivity index (χ2v) is 14.6. The van der Waals surface area contributed by atoms with Gasteiger partial charge in [-0.1, -0.05) is 24.3 Å². The van der Waals surface area contributed by atoms with Gasteiger partial charge in [0.05, 0.1) is 39.9 Å². The highest BCUT2D eigenvalue weighted by Crippen LogP contribution is 2.41. The normalized spacial score (nSPS) is 12.1. The standard InChI is InChI=1S/C34H16N4O2S4/c1-3-7-25-19(5-1)37-33(43-25)29-11-9-27(41-29)31-35-21-13-17-16-24-22(14-18(17)15-23(21)39-31)36-32(40-24)28-10-12-30(42-28)34-38-20-6-2-4-8-26(20)44-34/h1-16H. The van der Waals surface area contributed by atoms with Crippen LogP contribution < -0.4 is 0 Å². The number of thiazole rings is 2. The molecule has 10 heteroatoms. The lowest BCUT2D eigenvalue weighted by Crippen LogP contribution is -1.76. The van der Waals surface area contributed by atoms with Gasteiger partial charge in [-0.25, -0.2) is 19.9 Å². The van der Waals surface area contributed by atoms with Crippen molar-refractivity contribution < 1.29 is 8.83 Å². The molecule has 0 aliphatic heterocycles. The Labute approximate surface area is 264 Å². The van der Waals surface area contributed by atoms with Crippen molar-refractivity contribution >= 4 is 98.8 Å². The molecule has 0 saturated heterocycles. The number of benzene rings is 4. The van der Waals surface area contributed by atoms with Crippen LogP contribution in [0.4, 0.5) is 0 Å². The number of fused-ring (bicyclic) bond motifs is 5. The van der Waals surface area contributed by atoms with Crippen LogP contribution in [0.5, 0.6) is 0 Å². The van der Waals surface area contributed by atoms with Crippen molar-refractivity contribution in [2.24, 2.45) is 0 Å². The molecule has 0 spiro atoms. The van der Waals surface area contributed by atoms with Gasteiger partial charge in [0, 0.05) is 0 Å². The number of oxazole rings is 2. The summed E-state index contributed by atoms with van der Waals surface area (Å²) in [7, 11) is 0. The topological polar surface area (TPSA) is 77.8 Å². The van der Waals surface area contributed by atoms with Crippen molar-refractivity contribution in [1.29, 1.82) is 0 Å². The molecule has 0 N–H and O–H groups in total. The lowest BCUT2D eigenvalue weighted by molar-refractivity contribution is 0.621. The number of hydrogen-bond acceptors (Lipinski definition) is 10. The van der Waals surface area contributed by atoms with E-state index in [1.165, 1.54) is 9.40 Å². The second kappa shape index (κ2) is 9.38. The fraction of sp³-hybridized carbons (Fsp3) is 0. The molecular formula is C34H16N4O2S4. The molecule has 0 bridgehead atoms. The van der Waals surface area contributed by atoms with Gasteiger partial charge in [0.2, 0.25) is 11.8 Å². The van der Waals surface area contributed by atoms with E-state index in [0.717, 1.165) is 73.5 Å². The first-order valence-electron chi connectivity index (χ1n) is 13.8. The Kier molecular flexibility index (Phi) is 5.26. The van der Waals surface area contributed by atoms with Crippen LogP contribution >= 0.6 is 45.3 Å². The second-order valence-electron chi connectivity index (χ2n) is 10.3. The number of hydrogen-bond donors (Lipinski definition) is 0. The summed E-state index contributed by atoms with van der Waals surface area (Å²) in [5.74, 6) is 1.22. The van der Waals surface area contributed by atoms with Crippen molar-refractivity contribution in [1.82, 2.24) is 19.9 Å². The molecule has 0 unspecified atom stereocenters. The zero-order valence-electron chi connectivity index (χ0n) is 22.5. The van der Waals surface area contributed by atoms with Gasteiger partial charge in [0.15, 0.2) is 11.2 Å². The molecule has 44 heavy (non-hydrogen) atoms. The minimum atomic E-state index is 0.610. The minimum Gasteiger partial charge on any atom is -0.435 e. The molecule has 6 heterocycles. The van der Waals surface area contributed by atoms with Crippen molar-refractivity contribution in [3.63, 3.8) is 0 Å². The summed E-state index contributed by atoms with van der Waals surface area (Å²) in [5, 5.41) is 4.06. The van der Waals surface area contributed by atoms with Crippen LogP contribution in [0.2, 0.25) is 0 Å². The summed E-state index contributed by atoms with van der Waals surface area (Å²) in [6, 6.07) is 32.9. The van der Waals surface area contributed by atoms with E-state index >= 15 is 0 Å². The van der Waals surface area contributed by atoms with Gasteiger partial charge in [-0.2, -0.15) is 0 Å². The third kappa shape index (κ3) is 3.96. The molecule has 4 aromatic carbocycles. The summed E-state index contributed by atoms with van der Waals surface area (Å²) in [5.41, 5.74) is 5.13. The average molecular weight is 641 g/mol. The Morgan fingerprint density at radius 2 is 0.864 bits per heavy atom. The van der Waals surface area contributed by atoms with E-state index in [-0.39, 0.29) is 0 Å². The van der Waals surface area contributed by atoms with Gasteiger partial charge in [0.25, 0.3) is 0 Å². The Morgan fingerprint density at radius 1 is 0.409 bits per heavy atom. The lowest BCUT2D eigenvalue weighted by atomic mass is 10.1. The maximum Gasteiger partial charge on any atom is 0.237 e. The number of para-hydroxylation sites is 2. The third-order valence-electron chi connectivity index (χ3n) is 7.50. The Morgan fingerprint density at radius 3 is 1.34 bits per heavy atom.